The van der Waals surface area contributed by atoms with Crippen LogP contribution in [0.2, 0.25) is 5.02 Å². The molecule has 0 bridgehead atoms. The smallest absolute Gasteiger partial charge is 0.196 e. The lowest BCUT2D eigenvalue weighted by Crippen LogP contribution is -2.36. The molecule has 0 saturated carbocycles. The first-order valence-electron chi connectivity index (χ1n) is 6.41. The molecule has 0 fully saturated rings. The van der Waals surface area contributed by atoms with Gasteiger partial charge in [0.15, 0.2) is 5.96 Å². The summed E-state index contributed by atoms with van der Waals surface area (Å²) in [6.07, 6.45) is 1.88. The summed E-state index contributed by atoms with van der Waals surface area (Å²) >= 11 is 6.08. The third kappa shape index (κ3) is 2.04. The Bertz CT molecular complexity index is 676. The van der Waals surface area contributed by atoms with E-state index in [0.29, 0.717) is 17.5 Å². The van der Waals surface area contributed by atoms with Gasteiger partial charge in [-0.3, -0.25) is 9.67 Å². The number of aryl methyl sites for hydroxylation is 1. The van der Waals surface area contributed by atoms with Crippen molar-refractivity contribution in [3.05, 3.63) is 46.7 Å². The molecule has 0 aliphatic carbocycles. The van der Waals surface area contributed by atoms with E-state index < -0.39 is 0 Å². The minimum absolute atomic E-state index is 0.0715. The van der Waals surface area contributed by atoms with E-state index in [1.54, 1.807) is 0 Å². The van der Waals surface area contributed by atoms with Crippen molar-refractivity contribution in [2.24, 2.45) is 17.8 Å². The van der Waals surface area contributed by atoms with Crippen molar-refractivity contribution in [3.63, 3.8) is 0 Å². The van der Waals surface area contributed by atoms with E-state index in [0.717, 1.165) is 16.9 Å². The lowest BCUT2D eigenvalue weighted by atomic mass is 10.1. The Labute approximate surface area is 122 Å². The fourth-order valence-corrected chi connectivity index (χ4v) is 2.70. The van der Waals surface area contributed by atoms with Gasteiger partial charge in [0.2, 0.25) is 0 Å². The van der Waals surface area contributed by atoms with Crippen LogP contribution in [0.1, 0.15) is 17.3 Å². The minimum atomic E-state index is 0.0715. The maximum Gasteiger partial charge on any atom is 0.196 e. The molecular weight excluding hydrogens is 274 g/mol. The highest BCUT2D eigenvalue weighted by Gasteiger charge is 2.31. The monoisotopic (exact) mass is 289 g/mol. The SMILES string of the molecule is Cc1c(C2CN=C(N)N2c2cccc(Cl)c2)cnn1C. The van der Waals surface area contributed by atoms with Crippen LogP contribution in [0.15, 0.2) is 35.5 Å². The zero-order valence-electron chi connectivity index (χ0n) is 11.4. The Kier molecular flexibility index (Phi) is 3.14. The summed E-state index contributed by atoms with van der Waals surface area (Å²) in [5.41, 5.74) is 9.25. The van der Waals surface area contributed by atoms with Gasteiger partial charge in [-0.2, -0.15) is 5.10 Å². The molecule has 0 radical (unpaired) electrons. The molecule has 1 aromatic carbocycles. The Morgan fingerprint density at radius 3 is 2.85 bits per heavy atom. The molecule has 1 unspecified atom stereocenters. The third-order valence-electron chi connectivity index (χ3n) is 3.70. The van der Waals surface area contributed by atoms with Gasteiger partial charge in [-0.1, -0.05) is 17.7 Å². The summed E-state index contributed by atoms with van der Waals surface area (Å²) in [6, 6.07) is 7.71. The van der Waals surface area contributed by atoms with Gasteiger partial charge in [0, 0.05) is 29.0 Å². The highest BCUT2D eigenvalue weighted by molar-refractivity contribution is 6.30. The number of aromatic nitrogens is 2. The second-order valence-electron chi connectivity index (χ2n) is 4.87. The summed E-state index contributed by atoms with van der Waals surface area (Å²) in [6.45, 7) is 2.68. The van der Waals surface area contributed by atoms with Gasteiger partial charge in [0.05, 0.1) is 18.8 Å². The van der Waals surface area contributed by atoms with E-state index in [2.05, 4.69) is 10.1 Å². The molecule has 1 aromatic heterocycles. The van der Waals surface area contributed by atoms with Gasteiger partial charge in [-0.25, -0.2) is 0 Å². The number of halogens is 1. The number of aliphatic imine (C=N–C) groups is 1. The number of benzene rings is 1. The van der Waals surface area contributed by atoms with Gasteiger partial charge in [-0.15, -0.1) is 0 Å². The molecule has 5 nitrogen and oxygen atoms in total. The first-order chi connectivity index (χ1) is 9.58. The summed E-state index contributed by atoms with van der Waals surface area (Å²) in [5, 5.41) is 4.99. The Balaban J connectivity index is 2.03. The number of anilines is 1. The van der Waals surface area contributed by atoms with Crippen LogP contribution in [-0.4, -0.2) is 22.3 Å². The molecule has 1 aliphatic rings. The lowest BCUT2D eigenvalue weighted by Gasteiger charge is -2.26. The van der Waals surface area contributed by atoms with Crippen LogP contribution < -0.4 is 10.6 Å². The van der Waals surface area contributed by atoms with Crippen LogP contribution in [0.4, 0.5) is 5.69 Å². The fourth-order valence-electron chi connectivity index (χ4n) is 2.52. The molecule has 1 atom stereocenters. The number of hydrogen-bond donors (Lipinski definition) is 1. The molecule has 20 heavy (non-hydrogen) atoms. The number of rotatable bonds is 2. The van der Waals surface area contributed by atoms with Gasteiger partial charge >= 0.3 is 0 Å². The number of nitrogens with zero attached hydrogens (tertiary/aromatic N) is 4. The predicted octanol–water partition coefficient (Wildman–Crippen LogP) is 2.26. The summed E-state index contributed by atoms with van der Waals surface area (Å²) in [4.78, 5) is 6.38. The molecule has 0 amide bonds. The molecule has 2 N–H and O–H groups in total. The highest BCUT2D eigenvalue weighted by Crippen LogP contribution is 2.33. The second-order valence-corrected chi connectivity index (χ2v) is 5.31. The van der Waals surface area contributed by atoms with Crippen molar-refractivity contribution in [1.29, 1.82) is 0 Å². The van der Waals surface area contributed by atoms with Crippen molar-refractivity contribution in [2.75, 3.05) is 11.4 Å². The molecule has 6 heteroatoms. The van der Waals surface area contributed by atoms with Crippen molar-refractivity contribution < 1.29 is 0 Å². The van der Waals surface area contributed by atoms with Gasteiger partial charge < -0.3 is 10.6 Å². The van der Waals surface area contributed by atoms with E-state index in [4.69, 9.17) is 17.3 Å². The van der Waals surface area contributed by atoms with Crippen LogP contribution in [0.25, 0.3) is 0 Å². The highest BCUT2D eigenvalue weighted by atomic mass is 35.5. The van der Waals surface area contributed by atoms with Crippen molar-refractivity contribution >= 4 is 23.2 Å². The molecule has 104 valence electrons. The molecule has 0 spiro atoms. The topological polar surface area (TPSA) is 59.4 Å². The first kappa shape index (κ1) is 13.0. The van der Waals surface area contributed by atoms with Crippen LogP contribution in [0.5, 0.6) is 0 Å². The van der Waals surface area contributed by atoms with Crippen LogP contribution in [-0.2, 0) is 7.05 Å². The third-order valence-corrected chi connectivity index (χ3v) is 3.94. The van der Waals surface area contributed by atoms with Crippen LogP contribution in [0.3, 0.4) is 0 Å². The normalized spacial score (nSPS) is 18.4. The van der Waals surface area contributed by atoms with Crippen molar-refractivity contribution in [2.45, 2.75) is 13.0 Å². The lowest BCUT2D eigenvalue weighted by molar-refractivity contribution is 0.723. The zero-order chi connectivity index (χ0) is 14.3. The Hall–Kier alpha value is -2.01. The fraction of sp³-hybridized carbons (Fsp3) is 0.286. The molecule has 0 saturated heterocycles. The first-order valence-corrected chi connectivity index (χ1v) is 6.79. The van der Waals surface area contributed by atoms with Crippen LogP contribution >= 0.6 is 11.6 Å². The quantitative estimate of drug-likeness (QED) is 0.922. The second kappa shape index (κ2) is 4.83. The maximum absolute atomic E-state index is 6.08. The summed E-state index contributed by atoms with van der Waals surface area (Å²) in [5.74, 6) is 0.514. The number of nitrogens with two attached hydrogens (primary N) is 1. The molecule has 1 aliphatic heterocycles. The molecule has 3 rings (SSSR count). The maximum atomic E-state index is 6.08. The van der Waals surface area contributed by atoms with E-state index in [1.807, 2.05) is 54.0 Å². The van der Waals surface area contributed by atoms with E-state index in [-0.39, 0.29) is 6.04 Å². The predicted molar refractivity (Wildman–Crippen MR) is 81.1 cm³/mol. The summed E-state index contributed by atoms with van der Waals surface area (Å²) < 4.78 is 1.86. The van der Waals surface area contributed by atoms with Gasteiger partial charge in [-0.05, 0) is 25.1 Å². The van der Waals surface area contributed by atoms with E-state index >= 15 is 0 Å². The average molecular weight is 290 g/mol. The zero-order valence-corrected chi connectivity index (χ0v) is 12.2. The molecule has 2 aromatic rings. The number of guanidine groups is 1. The average Bonchev–Trinajstić information content (AvgIpc) is 2.94. The van der Waals surface area contributed by atoms with E-state index in [1.165, 1.54) is 0 Å². The van der Waals surface area contributed by atoms with Gasteiger partial charge in [0.25, 0.3) is 0 Å². The van der Waals surface area contributed by atoms with Crippen LogP contribution in [0, 0.1) is 6.92 Å². The molecule has 2 heterocycles. The van der Waals surface area contributed by atoms with Crippen molar-refractivity contribution in [3.8, 4) is 0 Å². The standard InChI is InChI=1S/C14H16ClN5/c1-9-12(7-18-19(9)2)13-8-17-14(16)20(13)11-5-3-4-10(15)6-11/h3-7,13H,8H2,1-2H3,(H2,16,17). The Morgan fingerprint density at radius 2 is 2.20 bits per heavy atom. The van der Waals surface area contributed by atoms with Crippen molar-refractivity contribution in [1.82, 2.24) is 9.78 Å². The Morgan fingerprint density at radius 1 is 1.40 bits per heavy atom. The summed E-state index contributed by atoms with van der Waals surface area (Å²) in [7, 11) is 1.93. The minimum Gasteiger partial charge on any atom is -0.369 e. The largest absolute Gasteiger partial charge is 0.369 e. The molecular formula is C14H16ClN5. The number of hydrogen-bond acceptors (Lipinski definition) is 4. The van der Waals surface area contributed by atoms with E-state index in [9.17, 15) is 0 Å². The van der Waals surface area contributed by atoms with Gasteiger partial charge in [0.1, 0.15) is 0 Å².